The summed E-state index contributed by atoms with van der Waals surface area (Å²) >= 11 is 1.72. The van der Waals surface area contributed by atoms with Gasteiger partial charge < -0.3 is 20.1 Å². The second kappa shape index (κ2) is 12.0. The number of nitrogens with one attached hydrogen (secondary N) is 2. The van der Waals surface area contributed by atoms with E-state index in [1.165, 1.54) is 24.1 Å². The van der Waals surface area contributed by atoms with Crippen molar-refractivity contribution in [3.05, 3.63) is 34.0 Å². The molecule has 0 spiro atoms. The molecular weight excluding hydrogens is 537 g/mol. The first kappa shape index (κ1) is 24.9. The molecule has 3 heterocycles. The number of guanidine groups is 1. The normalized spacial score (nSPS) is 19.6. The van der Waals surface area contributed by atoms with Crippen LogP contribution in [0.2, 0.25) is 0 Å². The van der Waals surface area contributed by atoms with Gasteiger partial charge in [-0.2, -0.15) is 0 Å². The monoisotopic (exact) mass is 571 g/mol. The first-order valence-electron chi connectivity index (χ1n) is 11.3. The third kappa shape index (κ3) is 6.43. The SMILES string of the molecule is Cc1nnc(CN=C(NCc2cccs2)NC2CCN(C(=O)C3CCCCC3)C2)n1C.I. The molecule has 176 valence electrons. The Balaban J connectivity index is 0.00000289. The van der Waals surface area contributed by atoms with Crippen molar-refractivity contribution in [3.63, 3.8) is 0 Å². The van der Waals surface area contributed by atoms with E-state index in [0.717, 1.165) is 56.5 Å². The van der Waals surface area contributed by atoms with Gasteiger partial charge in [-0.15, -0.1) is 45.5 Å². The predicted molar refractivity (Wildman–Crippen MR) is 138 cm³/mol. The van der Waals surface area contributed by atoms with Gasteiger partial charge in [0.1, 0.15) is 12.4 Å². The highest BCUT2D eigenvalue weighted by atomic mass is 127. The van der Waals surface area contributed by atoms with E-state index >= 15 is 0 Å². The molecule has 0 radical (unpaired) electrons. The number of carbonyl (C=O) groups is 1. The lowest BCUT2D eigenvalue weighted by Crippen LogP contribution is -2.45. The molecule has 2 aromatic rings. The Kier molecular flexibility index (Phi) is 9.33. The molecular formula is C22H34IN7OS. The molecule has 2 N–H and O–H groups in total. The van der Waals surface area contributed by atoms with Gasteiger partial charge in [-0.25, -0.2) is 4.99 Å². The van der Waals surface area contributed by atoms with Crippen LogP contribution in [0, 0.1) is 12.8 Å². The van der Waals surface area contributed by atoms with Crippen molar-refractivity contribution < 1.29 is 4.79 Å². The standard InChI is InChI=1S/C22H33N7OS.HI/c1-16-26-27-20(28(16)2)14-24-22(23-13-19-9-6-12-31-19)25-18-10-11-29(15-18)21(30)17-7-4-3-5-8-17;/h6,9,12,17-18H,3-5,7-8,10-11,13-15H2,1-2H3,(H2,23,24,25);1H. The topological polar surface area (TPSA) is 87.4 Å². The molecule has 2 aromatic heterocycles. The summed E-state index contributed by atoms with van der Waals surface area (Å²) in [5.74, 6) is 3.04. The maximum Gasteiger partial charge on any atom is 0.225 e. The van der Waals surface area contributed by atoms with Crippen molar-refractivity contribution in [2.24, 2.45) is 18.0 Å². The summed E-state index contributed by atoms with van der Waals surface area (Å²) in [6.07, 6.45) is 6.71. The van der Waals surface area contributed by atoms with Crippen LogP contribution in [-0.4, -0.2) is 50.7 Å². The predicted octanol–water partition coefficient (Wildman–Crippen LogP) is 3.22. The van der Waals surface area contributed by atoms with Crippen molar-refractivity contribution in [2.45, 2.75) is 64.6 Å². The zero-order valence-corrected chi connectivity index (χ0v) is 22.1. The van der Waals surface area contributed by atoms with Gasteiger partial charge in [0, 0.05) is 37.0 Å². The van der Waals surface area contributed by atoms with E-state index < -0.39 is 0 Å². The number of hydrogen-bond donors (Lipinski definition) is 2. The van der Waals surface area contributed by atoms with Crippen LogP contribution in [0.25, 0.3) is 0 Å². The number of aromatic nitrogens is 3. The fourth-order valence-corrected chi connectivity index (χ4v) is 5.00. The highest BCUT2D eigenvalue weighted by Crippen LogP contribution is 2.26. The van der Waals surface area contributed by atoms with E-state index in [-0.39, 0.29) is 35.9 Å². The molecule has 2 fully saturated rings. The fourth-order valence-electron chi connectivity index (χ4n) is 4.35. The van der Waals surface area contributed by atoms with Gasteiger partial charge in [-0.1, -0.05) is 25.3 Å². The van der Waals surface area contributed by atoms with Crippen molar-refractivity contribution in [1.29, 1.82) is 0 Å². The van der Waals surface area contributed by atoms with Gasteiger partial charge in [0.05, 0.1) is 6.54 Å². The average Bonchev–Trinajstić information content (AvgIpc) is 3.54. The maximum absolute atomic E-state index is 12.9. The Bertz CT molecular complexity index is 892. The molecule has 0 aromatic carbocycles. The summed E-state index contributed by atoms with van der Waals surface area (Å²) < 4.78 is 1.96. The van der Waals surface area contributed by atoms with E-state index in [9.17, 15) is 4.79 Å². The summed E-state index contributed by atoms with van der Waals surface area (Å²) in [5, 5.41) is 17.4. The van der Waals surface area contributed by atoms with Crippen LogP contribution >= 0.6 is 35.3 Å². The van der Waals surface area contributed by atoms with Crippen molar-refractivity contribution >= 4 is 47.2 Å². The van der Waals surface area contributed by atoms with Crippen LogP contribution in [0.3, 0.4) is 0 Å². The van der Waals surface area contributed by atoms with Crippen LogP contribution in [0.5, 0.6) is 0 Å². The molecule has 32 heavy (non-hydrogen) atoms. The number of carbonyl (C=O) groups excluding carboxylic acids is 1. The van der Waals surface area contributed by atoms with Crippen molar-refractivity contribution in [2.75, 3.05) is 13.1 Å². The minimum atomic E-state index is 0. The first-order chi connectivity index (χ1) is 15.1. The van der Waals surface area contributed by atoms with Crippen LogP contribution in [0.1, 0.15) is 55.1 Å². The number of hydrogen-bond acceptors (Lipinski definition) is 5. The fraction of sp³-hybridized carbons (Fsp3) is 0.636. The minimum Gasteiger partial charge on any atom is -0.352 e. The Hall–Kier alpha value is -1.69. The van der Waals surface area contributed by atoms with Crippen molar-refractivity contribution in [3.8, 4) is 0 Å². The van der Waals surface area contributed by atoms with E-state index in [4.69, 9.17) is 4.99 Å². The molecule has 1 saturated heterocycles. The molecule has 1 unspecified atom stereocenters. The highest BCUT2D eigenvalue weighted by Gasteiger charge is 2.31. The van der Waals surface area contributed by atoms with E-state index in [1.807, 2.05) is 18.5 Å². The number of likely N-dealkylation sites (tertiary alicyclic amines) is 1. The number of aliphatic imine (C=N–C) groups is 1. The highest BCUT2D eigenvalue weighted by molar-refractivity contribution is 14.0. The molecule has 10 heteroatoms. The summed E-state index contributed by atoms with van der Waals surface area (Å²) in [6, 6.07) is 4.38. The second-order valence-corrected chi connectivity index (χ2v) is 9.60. The summed E-state index contributed by atoms with van der Waals surface area (Å²) in [5.41, 5.74) is 0. The molecule has 1 amide bonds. The van der Waals surface area contributed by atoms with Gasteiger partial charge in [-0.3, -0.25) is 4.79 Å². The maximum atomic E-state index is 12.9. The van der Waals surface area contributed by atoms with Gasteiger partial charge in [0.2, 0.25) is 5.91 Å². The van der Waals surface area contributed by atoms with Gasteiger partial charge in [0.25, 0.3) is 0 Å². The van der Waals surface area contributed by atoms with Gasteiger partial charge in [-0.05, 0) is 37.6 Å². The lowest BCUT2D eigenvalue weighted by atomic mass is 9.88. The number of rotatable bonds is 6. The molecule has 1 saturated carbocycles. The zero-order chi connectivity index (χ0) is 21.6. The van der Waals surface area contributed by atoms with Gasteiger partial charge >= 0.3 is 0 Å². The summed E-state index contributed by atoms with van der Waals surface area (Å²) in [7, 11) is 1.96. The molecule has 2 aliphatic rings. The third-order valence-corrected chi connectivity index (χ3v) is 7.24. The van der Waals surface area contributed by atoms with Crippen molar-refractivity contribution in [1.82, 2.24) is 30.3 Å². The Morgan fingerprint density at radius 1 is 1.25 bits per heavy atom. The Morgan fingerprint density at radius 2 is 2.06 bits per heavy atom. The zero-order valence-electron chi connectivity index (χ0n) is 18.9. The molecule has 4 rings (SSSR count). The molecule has 1 aliphatic carbocycles. The largest absolute Gasteiger partial charge is 0.352 e. The lowest BCUT2D eigenvalue weighted by molar-refractivity contribution is -0.135. The molecule has 1 atom stereocenters. The van der Waals surface area contributed by atoms with Gasteiger partial charge in [0.15, 0.2) is 11.8 Å². The Labute approximate surface area is 211 Å². The Morgan fingerprint density at radius 3 is 2.75 bits per heavy atom. The third-order valence-electron chi connectivity index (χ3n) is 6.37. The molecule has 0 bridgehead atoms. The van der Waals surface area contributed by atoms with Crippen LogP contribution in [-0.2, 0) is 24.9 Å². The lowest BCUT2D eigenvalue weighted by Gasteiger charge is -2.26. The quantitative estimate of drug-likeness (QED) is 0.316. The minimum absolute atomic E-state index is 0. The smallest absolute Gasteiger partial charge is 0.225 e. The van der Waals surface area contributed by atoms with E-state index in [0.29, 0.717) is 12.5 Å². The number of nitrogens with zero attached hydrogens (tertiary/aromatic N) is 5. The second-order valence-electron chi connectivity index (χ2n) is 8.57. The van der Waals surface area contributed by atoms with Crippen LogP contribution < -0.4 is 10.6 Å². The number of thiophene rings is 1. The summed E-state index contributed by atoms with van der Waals surface area (Å²) in [6.45, 7) is 4.68. The number of amides is 1. The molecule has 1 aliphatic heterocycles. The average molecular weight is 572 g/mol. The van der Waals surface area contributed by atoms with Crippen LogP contribution in [0.15, 0.2) is 22.5 Å². The van der Waals surface area contributed by atoms with E-state index in [1.54, 1.807) is 11.3 Å². The first-order valence-corrected chi connectivity index (χ1v) is 12.2. The number of aryl methyl sites for hydroxylation is 1. The number of halogens is 1. The van der Waals surface area contributed by atoms with Crippen LogP contribution in [0.4, 0.5) is 0 Å². The molecule has 8 nitrogen and oxygen atoms in total. The van der Waals surface area contributed by atoms with E-state index in [2.05, 4.69) is 43.2 Å². The summed E-state index contributed by atoms with van der Waals surface area (Å²) in [4.78, 5) is 21.0.